The molecule has 28 heavy (non-hydrogen) atoms. The number of aliphatic hydroxyl groups is 1. The van der Waals surface area contributed by atoms with Crippen LogP contribution < -0.4 is 0 Å². The van der Waals surface area contributed by atoms with Crippen molar-refractivity contribution in [2.24, 2.45) is 4.99 Å². The predicted molar refractivity (Wildman–Crippen MR) is 95.8 cm³/mol. The van der Waals surface area contributed by atoms with Crippen LogP contribution in [0, 0.1) is 11.3 Å². The van der Waals surface area contributed by atoms with Gasteiger partial charge in [0.05, 0.1) is 12.0 Å². The number of nitrogens with zero attached hydrogens (tertiary/aromatic N) is 6. The second-order valence-electron chi connectivity index (χ2n) is 7.99. The summed E-state index contributed by atoms with van der Waals surface area (Å²) in [5, 5.41) is 24.8. The highest BCUT2D eigenvalue weighted by Crippen LogP contribution is 2.66. The van der Waals surface area contributed by atoms with E-state index in [1.54, 1.807) is 41.7 Å². The fourth-order valence-corrected chi connectivity index (χ4v) is 4.27. The van der Waals surface area contributed by atoms with Crippen molar-refractivity contribution in [1.29, 1.82) is 5.26 Å². The van der Waals surface area contributed by atoms with E-state index in [4.69, 9.17) is 14.2 Å². The van der Waals surface area contributed by atoms with E-state index in [0.717, 1.165) is 0 Å². The molecule has 2 aromatic heterocycles. The summed E-state index contributed by atoms with van der Waals surface area (Å²) in [4.78, 5) is 10.4. The van der Waals surface area contributed by atoms with Crippen LogP contribution >= 0.6 is 0 Å². The molecule has 10 heteroatoms. The first-order valence-electron chi connectivity index (χ1n) is 8.94. The molecule has 1 N–H and O–H groups in total. The van der Waals surface area contributed by atoms with Crippen molar-refractivity contribution in [2.75, 3.05) is 14.1 Å². The van der Waals surface area contributed by atoms with Crippen molar-refractivity contribution in [3.05, 3.63) is 24.2 Å². The van der Waals surface area contributed by atoms with Gasteiger partial charge < -0.3 is 24.2 Å². The van der Waals surface area contributed by atoms with E-state index in [1.165, 1.54) is 6.33 Å². The molecule has 2 aromatic rings. The lowest BCUT2D eigenvalue weighted by atomic mass is 9.90. The van der Waals surface area contributed by atoms with Crippen LogP contribution in [0.3, 0.4) is 0 Å². The minimum Gasteiger partial charge on any atom is -0.387 e. The van der Waals surface area contributed by atoms with Gasteiger partial charge in [-0.25, -0.2) is 14.5 Å². The molecular formula is C18H20N6O4. The summed E-state index contributed by atoms with van der Waals surface area (Å²) in [5.41, 5.74) is -1.40. The van der Waals surface area contributed by atoms with E-state index < -0.39 is 35.3 Å². The quantitative estimate of drug-likeness (QED) is 0.594. The number of aromatic nitrogens is 3. The molecule has 1 unspecified atom stereocenters. The van der Waals surface area contributed by atoms with Crippen LogP contribution in [0.2, 0.25) is 0 Å². The van der Waals surface area contributed by atoms with Gasteiger partial charge in [0.2, 0.25) is 5.60 Å². The van der Waals surface area contributed by atoms with E-state index in [9.17, 15) is 10.4 Å². The smallest absolute Gasteiger partial charge is 0.226 e. The Kier molecular flexibility index (Phi) is 3.30. The van der Waals surface area contributed by atoms with Crippen LogP contribution in [-0.2, 0) is 19.8 Å². The molecule has 4 heterocycles. The summed E-state index contributed by atoms with van der Waals surface area (Å²) in [7, 11) is 3.72. The number of aliphatic imine (C=N–C) groups is 1. The van der Waals surface area contributed by atoms with E-state index >= 15 is 0 Å². The van der Waals surface area contributed by atoms with E-state index in [0.29, 0.717) is 17.0 Å². The van der Waals surface area contributed by atoms with Crippen molar-refractivity contribution in [1.82, 2.24) is 19.5 Å². The van der Waals surface area contributed by atoms with E-state index in [1.807, 2.05) is 14.1 Å². The zero-order valence-corrected chi connectivity index (χ0v) is 15.9. The highest BCUT2D eigenvalue weighted by Gasteiger charge is 2.87. The van der Waals surface area contributed by atoms with Crippen LogP contribution in [0.25, 0.3) is 5.52 Å². The maximum Gasteiger partial charge on any atom is 0.226 e. The van der Waals surface area contributed by atoms with Gasteiger partial charge in [-0.3, -0.25) is 0 Å². The van der Waals surface area contributed by atoms with Gasteiger partial charge in [-0.1, -0.05) is 0 Å². The van der Waals surface area contributed by atoms with Crippen molar-refractivity contribution < 1.29 is 19.3 Å². The minimum absolute atomic E-state index is 0.463. The number of fused-ring (bicyclic) bond motifs is 1. The van der Waals surface area contributed by atoms with Crippen LogP contribution in [0.4, 0.5) is 5.82 Å². The molecule has 0 radical (unpaired) electrons. The first-order valence-corrected chi connectivity index (χ1v) is 8.94. The molecule has 5 atom stereocenters. The van der Waals surface area contributed by atoms with E-state index in [-0.39, 0.29) is 0 Å². The fourth-order valence-electron chi connectivity index (χ4n) is 4.27. The lowest BCUT2D eigenvalue weighted by Crippen LogP contribution is -2.46. The lowest BCUT2D eigenvalue weighted by molar-refractivity contribution is -0.188. The average molecular weight is 384 g/mol. The number of rotatable bonds is 3. The van der Waals surface area contributed by atoms with Gasteiger partial charge in [0.15, 0.2) is 17.2 Å². The topological polar surface area (TPSA) is 118 Å². The van der Waals surface area contributed by atoms with Crippen LogP contribution in [0.5, 0.6) is 0 Å². The van der Waals surface area contributed by atoms with Crippen LogP contribution in [0.1, 0.15) is 19.5 Å². The number of nitriles is 1. The highest BCUT2D eigenvalue weighted by molar-refractivity contribution is 5.71. The number of hydrogen-bond donors (Lipinski definition) is 1. The van der Waals surface area contributed by atoms with Gasteiger partial charge in [-0.05, 0) is 26.0 Å². The zero-order chi connectivity index (χ0) is 19.9. The van der Waals surface area contributed by atoms with Gasteiger partial charge in [-0.2, -0.15) is 10.4 Å². The Morgan fingerprint density at radius 2 is 2.14 bits per heavy atom. The van der Waals surface area contributed by atoms with Gasteiger partial charge in [0, 0.05) is 14.1 Å². The first-order chi connectivity index (χ1) is 13.2. The van der Waals surface area contributed by atoms with Gasteiger partial charge >= 0.3 is 0 Å². The Bertz CT molecular complexity index is 1040. The first kappa shape index (κ1) is 17.5. The standard InChI is InChI=1S/C18H20N6O4/c1-16(2)27-15-17(7-19,26-13-12(25)18(13,15)28-16)11-6-5-10-14(21-9-23(3)4)20-8-22-24(10)11/h5-6,8-9,12-13,15,25H,1-4H3/b21-9-/t12?,13-,15+,17+,18-/m1/s1. The molecule has 0 amide bonds. The van der Waals surface area contributed by atoms with Crippen molar-refractivity contribution >= 4 is 17.7 Å². The SMILES string of the molecule is CN(C)/C=N\c1ncnn2c([C@]3(C#N)O[C@@H]4C(O)[C@@]45OC(C)(C)O[C@H]53)ccc12. The molecule has 1 saturated carbocycles. The monoisotopic (exact) mass is 384 g/mol. The molecule has 1 aliphatic carbocycles. The lowest BCUT2D eigenvalue weighted by Gasteiger charge is -2.29. The fraction of sp³-hybridized carbons (Fsp3) is 0.556. The second-order valence-corrected chi connectivity index (χ2v) is 7.99. The van der Waals surface area contributed by atoms with Crippen molar-refractivity contribution in [3.63, 3.8) is 0 Å². The van der Waals surface area contributed by atoms with Crippen molar-refractivity contribution in [3.8, 4) is 6.07 Å². The predicted octanol–water partition coefficient (Wildman–Crippen LogP) is 0.333. The second kappa shape index (κ2) is 5.27. The molecule has 10 nitrogen and oxygen atoms in total. The summed E-state index contributed by atoms with van der Waals surface area (Å²) in [6.45, 7) is 3.52. The molecule has 3 aliphatic rings. The molecule has 0 aromatic carbocycles. The van der Waals surface area contributed by atoms with Gasteiger partial charge in [0.1, 0.15) is 36.2 Å². The number of hydrogen-bond acceptors (Lipinski definition) is 8. The third-order valence-corrected chi connectivity index (χ3v) is 5.39. The Labute approximate surface area is 161 Å². The van der Waals surface area contributed by atoms with Gasteiger partial charge in [-0.15, -0.1) is 0 Å². The van der Waals surface area contributed by atoms with Gasteiger partial charge in [0.25, 0.3) is 0 Å². The summed E-state index contributed by atoms with van der Waals surface area (Å²) >= 11 is 0. The summed E-state index contributed by atoms with van der Waals surface area (Å²) in [6, 6.07) is 5.80. The third-order valence-electron chi connectivity index (χ3n) is 5.39. The average Bonchev–Trinajstić information content (AvgIpc) is 3.04. The normalized spacial score (nSPS) is 37.8. The molecule has 5 rings (SSSR count). The largest absolute Gasteiger partial charge is 0.387 e. The summed E-state index contributed by atoms with van der Waals surface area (Å²) in [5.74, 6) is -0.472. The zero-order valence-electron chi connectivity index (χ0n) is 15.9. The maximum atomic E-state index is 10.3. The maximum absolute atomic E-state index is 10.3. The number of aliphatic hydroxyl groups excluding tert-OH is 1. The molecular weight excluding hydrogens is 364 g/mol. The Morgan fingerprint density at radius 1 is 1.36 bits per heavy atom. The van der Waals surface area contributed by atoms with E-state index in [2.05, 4.69) is 21.1 Å². The highest BCUT2D eigenvalue weighted by atomic mass is 16.8. The summed E-state index contributed by atoms with van der Waals surface area (Å²) in [6.07, 6.45) is 0.763. The van der Waals surface area contributed by atoms with Crippen molar-refractivity contribution in [2.45, 2.75) is 49.1 Å². The molecule has 2 aliphatic heterocycles. The Balaban J connectivity index is 1.64. The number of ether oxygens (including phenoxy) is 3. The minimum atomic E-state index is -1.47. The van der Waals surface area contributed by atoms with Crippen LogP contribution in [0.15, 0.2) is 23.5 Å². The molecule has 1 spiro atoms. The molecule has 0 bridgehead atoms. The van der Waals surface area contributed by atoms with Crippen LogP contribution in [-0.4, -0.2) is 74.7 Å². The Morgan fingerprint density at radius 3 is 2.86 bits per heavy atom. The molecule has 3 fully saturated rings. The molecule has 2 saturated heterocycles. The summed E-state index contributed by atoms with van der Waals surface area (Å²) < 4.78 is 19.7. The Hall–Kier alpha value is -2.58. The third kappa shape index (κ3) is 2.02. The molecule has 146 valence electrons.